The smallest absolute Gasteiger partial charge is 0.239 e. The maximum absolute atomic E-state index is 11.8. The molecule has 0 radical (unpaired) electrons. The summed E-state index contributed by atoms with van der Waals surface area (Å²) in [6.07, 6.45) is 0.779. The Balaban J connectivity index is 1.72. The fourth-order valence-electron chi connectivity index (χ4n) is 2.14. The highest BCUT2D eigenvalue weighted by Crippen LogP contribution is 2.22. The number of halogens is 1. The van der Waals surface area contributed by atoms with Crippen molar-refractivity contribution in [1.29, 1.82) is 0 Å². The van der Waals surface area contributed by atoms with E-state index in [4.69, 9.17) is 16.3 Å². The number of ether oxygens (including phenoxy) is 1. The van der Waals surface area contributed by atoms with Crippen LogP contribution >= 0.6 is 11.6 Å². The van der Waals surface area contributed by atoms with Gasteiger partial charge in [0.1, 0.15) is 5.75 Å². The number of carbonyl (C=O) groups is 1. The molecule has 2 aromatic rings. The molecule has 0 aliphatic carbocycles. The number of rotatable bonds is 7. The van der Waals surface area contributed by atoms with Crippen LogP contribution in [0.25, 0.3) is 0 Å². The second-order valence-electron chi connectivity index (χ2n) is 5.28. The summed E-state index contributed by atoms with van der Waals surface area (Å²) in [5.41, 5.74) is 3.01. The molecule has 0 saturated heterocycles. The van der Waals surface area contributed by atoms with Crippen LogP contribution in [0.5, 0.6) is 5.75 Å². The molecular formula is C18H21ClN2O2. The van der Waals surface area contributed by atoms with Crippen molar-refractivity contribution in [3.05, 3.63) is 58.6 Å². The third-order valence-corrected chi connectivity index (χ3v) is 3.77. The van der Waals surface area contributed by atoms with Gasteiger partial charge in [-0.1, -0.05) is 29.8 Å². The predicted molar refractivity (Wildman–Crippen MR) is 94.4 cm³/mol. The number of hydrogen-bond acceptors (Lipinski definition) is 3. The largest absolute Gasteiger partial charge is 0.497 e. The zero-order chi connectivity index (χ0) is 16.7. The standard InChI is InChI=1S/C18H21ClN2O2/c1-13-3-8-17(16(19)11-13)21-12-18(22)20-10-9-14-4-6-15(23-2)7-5-14/h3-8,11,21H,9-10,12H2,1-2H3,(H,20,22). The molecule has 5 heteroatoms. The van der Waals surface area contributed by atoms with Crippen molar-refractivity contribution in [3.63, 3.8) is 0 Å². The van der Waals surface area contributed by atoms with Crippen LogP contribution in [0, 0.1) is 6.92 Å². The van der Waals surface area contributed by atoms with Gasteiger partial charge in [0.15, 0.2) is 0 Å². The van der Waals surface area contributed by atoms with Gasteiger partial charge in [0.25, 0.3) is 0 Å². The minimum atomic E-state index is -0.0600. The Morgan fingerprint density at radius 3 is 2.57 bits per heavy atom. The Morgan fingerprint density at radius 1 is 1.17 bits per heavy atom. The molecule has 0 saturated carbocycles. The van der Waals surface area contributed by atoms with Crippen LogP contribution in [0.4, 0.5) is 5.69 Å². The van der Waals surface area contributed by atoms with Crippen molar-refractivity contribution in [2.24, 2.45) is 0 Å². The van der Waals surface area contributed by atoms with Gasteiger partial charge in [0.05, 0.1) is 24.4 Å². The Kier molecular flexibility index (Phi) is 6.29. The van der Waals surface area contributed by atoms with Crippen LogP contribution < -0.4 is 15.4 Å². The first-order valence-electron chi connectivity index (χ1n) is 7.48. The van der Waals surface area contributed by atoms with Crippen LogP contribution in [0.1, 0.15) is 11.1 Å². The van der Waals surface area contributed by atoms with Gasteiger partial charge < -0.3 is 15.4 Å². The number of anilines is 1. The molecule has 0 bridgehead atoms. The van der Waals surface area contributed by atoms with Crippen molar-refractivity contribution in [3.8, 4) is 5.75 Å². The van der Waals surface area contributed by atoms with Gasteiger partial charge in [-0.15, -0.1) is 0 Å². The molecule has 0 spiro atoms. The number of methoxy groups -OCH3 is 1. The molecule has 2 N–H and O–H groups in total. The summed E-state index contributed by atoms with van der Waals surface area (Å²) in [7, 11) is 1.64. The van der Waals surface area contributed by atoms with Crippen molar-refractivity contribution >= 4 is 23.2 Å². The summed E-state index contributed by atoms with van der Waals surface area (Å²) in [6.45, 7) is 2.77. The fourth-order valence-corrected chi connectivity index (χ4v) is 2.44. The van der Waals surface area contributed by atoms with Crippen molar-refractivity contribution in [2.75, 3.05) is 25.5 Å². The fraction of sp³-hybridized carbons (Fsp3) is 0.278. The van der Waals surface area contributed by atoms with Crippen LogP contribution in [0.3, 0.4) is 0 Å². The van der Waals surface area contributed by atoms with Crippen LogP contribution in [-0.4, -0.2) is 26.1 Å². The summed E-state index contributed by atoms with van der Waals surface area (Å²) in [5, 5.41) is 6.55. The topological polar surface area (TPSA) is 50.4 Å². The van der Waals surface area contributed by atoms with E-state index in [2.05, 4.69) is 10.6 Å². The quantitative estimate of drug-likeness (QED) is 0.816. The van der Waals surface area contributed by atoms with Gasteiger partial charge in [-0.2, -0.15) is 0 Å². The molecule has 0 aliphatic heterocycles. The molecule has 122 valence electrons. The molecular weight excluding hydrogens is 312 g/mol. The maximum atomic E-state index is 11.8. The van der Waals surface area contributed by atoms with E-state index in [1.54, 1.807) is 7.11 Å². The summed E-state index contributed by atoms with van der Waals surface area (Å²) in [4.78, 5) is 11.8. The third-order valence-electron chi connectivity index (χ3n) is 3.46. The minimum Gasteiger partial charge on any atom is -0.497 e. The van der Waals surface area contributed by atoms with E-state index in [1.165, 1.54) is 0 Å². The number of nitrogens with one attached hydrogen (secondary N) is 2. The molecule has 23 heavy (non-hydrogen) atoms. The number of benzene rings is 2. The normalized spacial score (nSPS) is 10.2. The van der Waals surface area contributed by atoms with Gasteiger partial charge in [-0.05, 0) is 48.7 Å². The average molecular weight is 333 g/mol. The Morgan fingerprint density at radius 2 is 1.91 bits per heavy atom. The van der Waals surface area contributed by atoms with Crippen LogP contribution in [0.2, 0.25) is 5.02 Å². The van der Waals surface area contributed by atoms with E-state index in [-0.39, 0.29) is 12.5 Å². The zero-order valence-corrected chi connectivity index (χ0v) is 14.1. The zero-order valence-electron chi connectivity index (χ0n) is 13.4. The van der Waals surface area contributed by atoms with E-state index in [0.29, 0.717) is 11.6 Å². The van der Waals surface area contributed by atoms with Crippen LogP contribution in [-0.2, 0) is 11.2 Å². The first kappa shape index (κ1) is 17.2. The molecule has 4 nitrogen and oxygen atoms in total. The van der Waals surface area contributed by atoms with Gasteiger partial charge in [0.2, 0.25) is 5.91 Å². The molecule has 2 aromatic carbocycles. The monoisotopic (exact) mass is 332 g/mol. The van der Waals surface area contributed by atoms with Crippen molar-refractivity contribution in [2.45, 2.75) is 13.3 Å². The molecule has 0 heterocycles. The molecule has 0 unspecified atom stereocenters. The number of aryl methyl sites for hydroxylation is 1. The first-order valence-corrected chi connectivity index (χ1v) is 7.86. The predicted octanol–water partition coefficient (Wildman–Crippen LogP) is 3.43. The van der Waals surface area contributed by atoms with Gasteiger partial charge in [0, 0.05) is 6.54 Å². The van der Waals surface area contributed by atoms with Gasteiger partial charge >= 0.3 is 0 Å². The van der Waals surface area contributed by atoms with E-state index in [1.807, 2.05) is 49.4 Å². The van der Waals surface area contributed by atoms with E-state index in [9.17, 15) is 4.79 Å². The summed E-state index contributed by atoms with van der Waals surface area (Å²) in [6, 6.07) is 13.5. The van der Waals surface area contributed by atoms with Crippen LogP contribution in [0.15, 0.2) is 42.5 Å². The minimum absolute atomic E-state index is 0.0600. The van der Waals surface area contributed by atoms with Crippen molar-refractivity contribution < 1.29 is 9.53 Å². The SMILES string of the molecule is COc1ccc(CCNC(=O)CNc2ccc(C)cc2Cl)cc1. The number of amides is 1. The summed E-state index contributed by atoms with van der Waals surface area (Å²) < 4.78 is 5.11. The second-order valence-corrected chi connectivity index (χ2v) is 5.69. The Bertz CT molecular complexity index is 657. The van der Waals surface area contributed by atoms with E-state index in [0.717, 1.165) is 29.0 Å². The highest BCUT2D eigenvalue weighted by atomic mass is 35.5. The lowest BCUT2D eigenvalue weighted by Crippen LogP contribution is -2.31. The first-order chi connectivity index (χ1) is 11.1. The lowest BCUT2D eigenvalue weighted by molar-refractivity contribution is -0.119. The Labute approximate surface area is 141 Å². The molecule has 0 atom stereocenters. The summed E-state index contributed by atoms with van der Waals surface area (Å²) in [5.74, 6) is 0.770. The Hall–Kier alpha value is -2.20. The average Bonchev–Trinajstić information content (AvgIpc) is 2.54. The third kappa shape index (κ3) is 5.49. The molecule has 0 aromatic heterocycles. The second kappa shape index (κ2) is 8.44. The molecule has 0 fully saturated rings. The lowest BCUT2D eigenvalue weighted by atomic mass is 10.1. The summed E-state index contributed by atoms with van der Waals surface area (Å²) >= 11 is 6.12. The highest BCUT2D eigenvalue weighted by molar-refractivity contribution is 6.33. The molecule has 0 aliphatic rings. The van der Waals surface area contributed by atoms with Crippen molar-refractivity contribution in [1.82, 2.24) is 5.32 Å². The van der Waals surface area contributed by atoms with Gasteiger partial charge in [-0.3, -0.25) is 4.79 Å². The number of carbonyl (C=O) groups excluding carboxylic acids is 1. The number of hydrogen-bond donors (Lipinski definition) is 2. The maximum Gasteiger partial charge on any atom is 0.239 e. The van der Waals surface area contributed by atoms with E-state index < -0.39 is 0 Å². The highest BCUT2D eigenvalue weighted by Gasteiger charge is 2.04. The molecule has 1 amide bonds. The van der Waals surface area contributed by atoms with Gasteiger partial charge in [-0.25, -0.2) is 0 Å². The van der Waals surface area contributed by atoms with E-state index >= 15 is 0 Å². The molecule has 2 rings (SSSR count). The lowest BCUT2D eigenvalue weighted by Gasteiger charge is -2.10.